The van der Waals surface area contributed by atoms with Crippen LogP contribution in [0.25, 0.3) is 11.1 Å². The average Bonchev–Trinajstić information content (AvgIpc) is 3.26. The number of ether oxygens (including phenoxy) is 5. The Bertz CT molecular complexity index is 1330. The van der Waals surface area contributed by atoms with Gasteiger partial charge in [-0.1, -0.05) is 48.5 Å². The molecule has 0 bridgehead atoms. The molecule has 0 saturated carbocycles. The number of carbonyl (C=O) groups excluding carboxylic acids is 4. The molecule has 1 saturated heterocycles. The highest BCUT2D eigenvalue weighted by molar-refractivity contribution is 5.79. The molecule has 1 fully saturated rings. The summed E-state index contributed by atoms with van der Waals surface area (Å²) >= 11 is 0. The highest BCUT2D eigenvalue weighted by Crippen LogP contribution is 2.44. The average molecular weight is 598 g/mol. The van der Waals surface area contributed by atoms with E-state index in [1.165, 1.54) is 0 Å². The van der Waals surface area contributed by atoms with Gasteiger partial charge >= 0.3 is 30.0 Å². The summed E-state index contributed by atoms with van der Waals surface area (Å²) in [7, 11) is 0. The maximum Gasteiger partial charge on any atom is 0.407 e. The van der Waals surface area contributed by atoms with Crippen molar-refractivity contribution in [2.75, 3.05) is 19.8 Å². The van der Waals surface area contributed by atoms with Gasteiger partial charge < -0.3 is 34.1 Å². The number of rotatable bonds is 11. The Balaban J connectivity index is 1.35. The van der Waals surface area contributed by atoms with Gasteiger partial charge in [-0.25, -0.2) is 9.59 Å². The lowest BCUT2D eigenvalue weighted by atomic mass is 9.83. The molecule has 2 aliphatic rings. The summed E-state index contributed by atoms with van der Waals surface area (Å²) in [6, 6.07) is 16.0. The Hall–Kier alpha value is -4.45. The number of unbranched alkanes of at least 4 members (excludes halogenated alkanes) is 1. The summed E-state index contributed by atoms with van der Waals surface area (Å²) in [6.45, 7) is 3.29. The van der Waals surface area contributed by atoms with Crippen molar-refractivity contribution in [3.8, 4) is 11.1 Å². The molecule has 43 heavy (non-hydrogen) atoms. The van der Waals surface area contributed by atoms with Crippen molar-refractivity contribution in [1.29, 1.82) is 0 Å². The molecular weight excluding hydrogens is 562 g/mol. The van der Waals surface area contributed by atoms with Crippen molar-refractivity contribution in [2.24, 2.45) is 0 Å². The largest absolute Gasteiger partial charge is 0.479 e. The maximum atomic E-state index is 12.5. The maximum absolute atomic E-state index is 12.5. The molecule has 1 heterocycles. The third kappa shape index (κ3) is 7.31. The Labute approximate surface area is 248 Å². The lowest BCUT2D eigenvalue weighted by Gasteiger charge is -2.47. The number of nitrogens with one attached hydrogen (secondary N) is 1. The van der Waals surface area contributed by atoms with Crippen LogP contribution < -0.4 is 5.32 Å². The SMILES string of the molecule is CC(=O)OC1C(C(=O)O)OCC(CCCCNC(=O)OCC2c3ccccc3-c3ccccc32)(OC(C)=O)C1OC(C)=O. The molecule has 1 amide bonds. The van der Waals surface area contributed by atoms with E-state index >= 15 is 0 Å². The predicted molar refractivity (Wildman–Crippen MR) is 150 cm³/mol. The molecule has 12 nitrogen and oxygen atoms in total. The lowest BCUT2D eigenvalue weighted by Crippen LogP contribution is -2.66. The minimum absolute atomic E-state index is 0.0565. The van der Waals surface area contributed by atoms with Gasteiger partial charge in [0.2, 0.25) is 0 Å². The van der Waals surface area contributed by atoms with Crippen LogP contribution in [0.3, 0.4) is 0 Å². The zero-order valence-corrected chi connectivity index (χ0v) is 24.2. The van der Waals surface area contributed by atoms with Crippen LogP contribution in [0, 0.1) is 0 Å². The summed E-state index contributed by atoms with van der Waals surface area (Å²) in [6.07, 6.45) is -4.44. The molecule has 12 heteroatoms. The van der Waals surface area contributed by atoms with Crippen molar-refractivity contribution in [3.63, 3.8) is 0 Å². The van der Waals surface area contributed by atoms with E-state index in [2.05, 4.69) is 17.4 Å². The number of carbonyl (C=O) groups is 5. The summed E-state index contributed by atoms with van der Waals surface area (Å²) in [5.74, 6) is -3.87. The van der Waals surface area contributed by atoms with Crippen molar-refractivity contribution >= 4 is 30.0 Å². The molecule has 4 rings (SSSR count). The Morgan fingerprint density at radius 3 is 2.05 bits per heavy atom. The number of carboxylic acids is 1. The van der Waals surface area contributed by atoms with E-state index in [9.17, 15) is 29.1 Å². The second-order valence-corrected chi connectivity index (χ2v) is 10.5. The fourth-order valence-electron chi connectivity index (χ4n) is 5.77. The Morgan fingerprint density at radius 2 is 1.49 bits per heavy atom. The predicted octanol–water partition coefficient (Wildman–Crippen LogP) is 3.34. The number of amides is 1. The Kier molecular flexibility index (Phi) is 10.0. The van der Waals surface area contributed by atoms with Gasteiger partial charge in [-0.2, -0.15) is 0 Å². The molecule has 0 spiro atoms. The smallest absolute Gasteiger partial charge is 0.407 e. The molecule has 1 aliphatic carbocycles. The first-order valence-corrected chi connectivity index (χ1v) is 14.0. The van der Waals surface area contributed by atoms with E-state index in [-0.39, 0.29) is 25.5 Å². The van der Waals surface area contributed by atoms with Crippen LogP contribution in [0.5, 0.6) is 0 Å². The van der Waals surface area contributed by atoms with E-state index in [4.69, 9.17) is 23.7 Å². The van der Waals surface area contributed by atoms with Crippen LogP contribution in [0.4, 0.5) is 4.79 Å². The number of benzene rings is 2. The van der Waals surface area contributed by atoms with Gasteiger partial charge in [-0.15, -0.1) is 0 Å². The fraction of sp³-hybridized carbons (Fsp3) is 0.452. The van der Waals surface area contributed by atoms with Gasteiger partial charge in [0.25, 0.3) is 0 Å². The van der Waals surface area contributed by atoms with Crippen LogP contribution in [0.15, 0.2) is 48.5 Å². The van der Waals surface area contributed by atoms with Crippen LogP contribution in [-0.2, 0) is 42.9 Å². The van der Waals surface area contributed by atoms with Crippen molar-refractivity contribution in [1.82, 2.24) is 5.32 Å². The summed E-state index contributed by atoms with van der Waals surface area (Å²) in [4.78, 5) is 60.2. The van der Waals surface area contributed by atoms with Crippen LogP contribution in [-0.4, -0.2) is 78.7 Å². The van der Waals surface area contributed by atoms with Crippen LogP contribution in [0.2, 0.25) is 0 Å². The number of aliphatic carboxylic acids is 1. The number of hydrogen-bond acceptors (Lipinski definition) is 10. The van der Waals surface area contributed by atoms with E-state index in [0.29, 0.717) is 12.8 Å². The number of esters is 3. The highest BCUT2D eigenvalue weighted by atomic mass is 16.7. The molecule has 4 unspecified atom stereocenters. The molecule has 230 valence electrons. The topological polar surface area (TPSA) is 164 Å². The van der Waals surface area contributed by atoms with E-state index in [1.54, 1.807) is 0 Å². The summed E-state index contributed by atoms with van der Waals surface area (Å²) in [5.41, 5.74) is 2.81. The number of fused-ring (bicyclic) bond motifs is 3. The normalized spacial score (nSPS) is 22.4. The quantitative estimate of drug-likeness (QED) is 0.222. The number of alkyl carbamates (subject to hydrolysis) is 1. The molecule has 0 radical (unpaired) electrons. The van der Waals surface area contributed by atoms with Crippen molar-refractivity contribution in [2.45, 2.75) is 69.9 Å². The first-order chi connectivity index (χ1) is 20.5. The molecule has 4 atom stereocenters. The second kappa shape index (κ2) is 13.7. The summed E-state index contributed by atoms with van der Waals surface area (Å²) < 4.78 is 27.2. The minimum atomic E-state index is -1.65. The number of carboxylic acid groups (broad SMARTS) is 1. The Morgan fingerprint density at radius 1 is 0.884 bits per heavy atom. The monoisotopic (exact) mass is 597 g/mol. The van der Waals surface area contributed by atoms with Gasteiger partial charge in [0.05, 0.1) is 6.61 Å². The second-order valence-electron chi connectivity index (χ2n) is 10.5. The van der Waals surface area contributed by atoms with E-state index < -0.39 is 60.5 Å². The van der Waals surface area contributed by atoms with Crippen molar-refractivity contribution in [3.05, 3.63) is 59.7 Å². The molecule has 2 aromatic rings. The van der Waals surface area contributed by atoms with Gasteiger partial charge in [0, 0.05) is 33.2 Å². The molecule has 1 aliphatic heterocycles. The minimum Gasteiger partial charge on any atom is -0.479 e. The molecule has 0 aromatic heterocycles. The molecule has 2 N–H and O–H groups in total. The number of hydrogen-bond donors (Lipinski definition) is 2. The standard InChI is InChI=1S/C31H35NO11/c1-18(33)41-26-27(29(36)37)40-17-31(43-20(3)35,28(26)42-19(2)34)14-8-9-15-32-30(38)39-16-25-23-12-6-4-10-21(23)22-11-5-7-13-24(22)25/h4-7,10-13,25-28H,8-9,14-17H2,1-3H3,(H,32,38)(H,36,37). The molecule has 2 aromatic carbocycles. The van der Waals surface area contributed by atoms with Crippen LogP contribution >= 0.6 is 0 Å². The third-order valence-corrected chi connectivity index (χ3v) is 7.45. The zero-order chi connectivity index (χ0) is 31.1. The van der Waals surface area contributed by atoms with Gasteiger partial charge in [-0.05, 0) is 41.5 Å². The van der Waals surface area contributed by atoms with E-state index in [1.807, 2.05) is 36.4 Å². The fourth-order valence-corrected chi connectivity index (χ4v) is 5.77. The third-order valence-electron chi connectivity index (χ3n) is 7.45. The lowest BCUT2D eigenvalue weighted by molar-refractivity contribution is -0.259. The summed E-state index contributed by atoms with van der Waals surface area (Å²) in [5, 5.41) is 12.3. The molecular formula is C31H35NO11. The van der Waals surface area contributed by atoms with Gasteiger partial charge in [-0.3, -0.25) is 14.4 Å². The first-order valence-electron chi connectivity index (χ1n) is 14.0. The zero-order valence-electron chi connectivity index (χ0n) is 24.2. The van der Waals surface area contributed by atoms with E-state index in [0.717, 1.165) is 43.0 Å². The first kappa shape index (κ1) is 31.5. The van der Waals surface area contributed by atoms with Gasteiger partial charge in [0.15, 0.2) is 23.9 Å². The van der Waals surface area contributed by atoms with Crippen LogP contribution in [0.1, 0.15) is 57.1 Å². The van der Waals surface area contributed by atoms with Crippen molar-refractivity contribution < 1.29 is 52.8 Å². The highest BCUT2D eigenvalue weighted by Gasteiger charge is 2.58. The van der Waals surface area contributed by atoms with Gasteiger partial charge in [0.1, 0.15) is 6.61 Å².